The van der Waals surface area contributed by atoms with Crippen LogP contribution in [0.2, 0.25) is 0 Å². The van der Waals surface area contributed by atoms with E-state index in [1.54, 1.807) is 54.6 Å². The van der Waals surface area contributed by atoms with Gasteiger partial charge in [-0.15, -0.1) is 0 Å². The van der Waals surface area contributed by atoms with Crippen molar-refractivity contribution >= 4 is 21.5 Å². The van der Waals surface area contributed by atoms with E-state index in [0.29, 0.717) is 24.5 Å². The minimum Gasteiger partial charge on any atom is -0.493 e. The Labute approximate surface area is 164 Å². The molecule has 0 unspecified atom stereocenters. The van der Waals surface area contributed by atoms with E-state index < -0.39 is 10.0 Å². The smallest absolute Gasteiger partial charge is 0.270 e. The summed E-state index contributed by atoms with van der Waals surface area (Å²) in [4.78, 5) is 0.208. The summed E-state index contributed by atoms with van der Waals surface area (Å²) in [6.45, 7) is 0.454. The summed E-state index contributed by atoms with van der Waals surface area (Å²) in [7, 11) is -3.63. The molecule has 3 aromatic carbocycles. The van der Waals surface area contributed by atoms with Crippen molar-refractivity contribution in [2.45, 2.75) is 11.3 Å². The third-order valence-electron chi connectivity index (χ3n) is 4.09. The fourth-order valence-corrected chi connectivity index (χ4v) is 3.68. The van der Waals surface area contributed by atoms with Crippen molar-refractivity contribution in [3.05, 3.63) is 90.0 Å². The number of anilines is 1. The first-order chi connectivity index (χ1) is 13.4. The van der Waals surface area contributed by atoms with Gasteiger partial charge in [0.25, 0.3) is 15.9 Å². The predicted octanol–water partition coefficient (Wildman–Crippen LogP) is 1.57. The van der Waals surface area contributed by atoms with Crippen molar-refractivity contribution in [2.24, 2.45) is 5.73 Å². The molecule has 0 bridgehead atoms. The lowest BCUT2D eigenvalue weighted by Crippen LogP contribution is -2.46. The number of rotatable bonds is 8. The number of amidine groups is 1. The molecule has 0 aromatic heterocycles. The SMILES string of the molecule is NC(=[NH2+])c1ccc(CCOc2cccc(NS(=O)(=O)c3ccccc3)c2)cc1. The highest BCUT2D eigenvalue weighted by Gasteiger charge is 2.13. The van der Waals surface area contributed by atoms with E-state index >= 15 is 0 Å². The van der Waals surface area contributed by atoms with Crippen LogP contribution in [0.3, 0.4) is 0 Å². The Morgan fingerprint density at radius 3 is 2.36 bits per heavy atom. The van der Waals surface area contributed by atoms with Crippen LogP contribution in [0.15, 0.2) is 83.8 Å². The Kier molecular flexibility index (Phi) is 5.96. The molecule has 7 heteroatoms. The van der Waals surface area contributed by atoms with Gasteiger partial charge in [0.1, 0.15) is 5.75 Å². The predicted molar refractivity (Wildman–Crippen MR) is 110 cm³/mol. The Balaban J connectivity index is 1.60. The van der Waals surface area contributed by atoms with Crippen LogP contribution >= 0.6 is 0 Å². The number of hydrogen-bond acceptors (Lipinski definition) is 3. The minimum absolute atomic E-state index is 0.208. The quantitative estimate of drug-likeness (QED) is 0.397. The highest BCUT2D eigenvalue weighted by atomic mass is 32.2. The molecule has 0 atom stereocenters. The molecule has 0 aliphatic heterocycles. The molecule has 3 rings (SSSR count). The summed E-state index contributed by atoms with van der Waals surface area (Å²) < 4.78 is 33.2. The summed E-state index contributed by atoms with van der Waals surface area (Å²) in [5, 5.41) is 5.56. The van der Waals surface area contributed by atoms with Gasteiger partial charge in [-0.25, -0.2) is 8.42 Å². The molecule has 0 fully saturated rings. The highest BCUT2D eigenvalue weighted by molar-refractivity contribution is 7.92. The van der Waals surface area contributed by atoms with Crippen molar-refractivity contribution in [2.75, 3.05) is 11.3 Å². The van der Waals surface area contributed by atoms with E-state index in [1.807, 2.05) is 24.3 Å². The van der Waals surface area contributed by atoms with Crippen LogP contribution in [0, 0.1) is 0 Å². The van der Waals surface area contributed by atoms with Crippen LogP contribution < -0.4 is 20.6 Å². The lowest BCUT2D eigenvalue weighted by Gasteiger charge is -2.11. The minimum atomic E-state index is -3.63. The maximum absolute atomic E-state index is 12.4. The van der Waals surface area contributed by atoms with Crippen LogP contribution in [-0.2, 0) is 16.4 Å². The van der Waals surface area contributed by atoms with E-state index in [1.165, 1.54) is 0 Å². The molecule has 0 heterocycles. The fraction of sp³-hybridized carbons (Fsp3) is 0.0952. The van der Waals surface area contributed by atoms with E-state index in [2.05, 4.69) is 4.72 Å². The van der Waals surface area contributed by atoms with Gasteiger partial charge in [-0.2, -0.15) is 0 Å². The molecule has 6 nitrogen and oxygen atoms in total. The third kappa shape index (κ3) is 5.11. The Bertz CT molecular complexity index is 1050. The van der Waals surface area contributed by atoms with Crippen molar-refractivity contribution < 1.29 is 18.6 Å². The largest absolute Gasteiger partial charge is 0.493 e. The van der Waals surface area contributed by atoms with Crippen LogP contribution in [0.5, 0.6) is 5.75 Å². The lowest BCUT2D eigenvalue weighted by atomic mass is 10.1. The molecule has 28 heavy (non-hydrogen) atoms. The second-order valence-electron chi connectivity index (χ2n) is 6.20. The van der Waals surface area contributed by atoms with Crippen molar-refractivity contribution in [1.29, 1.82) is 0 Å². The fourth-order valence-electron chi connectivity index (χ4n) is 2.61. The van der Waals surface area contributed by atoms with Crippen LogP contribution in [0.1, 0.15) is 11.1 Å². The van der Waals surface area contributed by atoms with Crippen molar-refractivity contribution in [1.82, 2.24) is 0 Å². The molecule has 0 saturated carbocycles. The van der Waals surface area contributed by atoms with E-state index in [0.717, 1.165) is 11.1 Å². The average Bonchev–Trinajstić information content (AvgIpc) is 2.69. The van der Waals surface area contributed by atoms with Gasteiger partial charge in [0, 0.05) is 12.5 Å². The van der Waals surface area contributed by atoms with E-state index in [-0.39, 0.29) is 10.7 Å². The number of nitrogens with two attached hydrogens (primary N) is 2. The van der Waals surface area contributed by atoms with Gasteiger partial charge in [0.15, 0.2) is 0 Å². The number of nitrogens with one attached hydrogen (secondary N) is 1. The van der Waals surface area contributed by atoms with Crippen LogP contribution in [-0.4, -0.2) is 20.9 Å². The van der Waals surface area contributed by atoms with Crippen molar-refractivity contribution in [3.8, 4) is 5.75 Å². The van der Waals surface area contributed by atoms with Gasteiger partial charge in [-0.05, 0) is 42.0 Å². The third-order valence-corrected chi connectivity index (χ3v) is 5.48. The zero-order chi connectivity index (χ0) is 20.0. The molecule has 5 N–H and O–H groups in total. The summed E-state index contributed by atoms with van der Waals surface area (Å²) >= 11 is 0. The number of hydrogen-bond donors (Lipinski definition) is 3. The second-order valence-corrected chi connectivity index (χ2v) is 7.88. The van der Waals surface area contributed by atoms with Crippen molar-refractivity contribution in [3.63, 3.8) is 0 Å². The molecule has 144 valence electrons. The maximum atomic E-state index is 12.4. The molecular formula is C21H22N3O3S+. The summed E-state index contributed by atoms with van der Waals surface area (Å²) in [6.07, 6.45) is 0.699. The molecule has 0 saturated heterocycles. The molecule has 0 spiro atoms. The van der Waals surface area contributed by atoms with Gasteiger partial charge in [-0.1, -0.05) is 36.4 Å². The van der Waals surface area contributed by atoms with Crippen LogP contribution in [0.4, 0.5) is 5.69 Å². The normalized spacial score (nSPS) is 11.0. The molecular weight excluding hydrogens is 374 g/mol. The Morgan fingerprint density at radius 2 is 1.68 bits per heavy atom. The lowest BCUT2D eigenvalue weighted by molar-refractivity contribution is -0.114. The van der Waals surface area contributed by atoms with E-state index in [9.17, 15) is 8.42 Å². The molecule has 0 amide bonds. The first-order valence-corrected chi connectivity index (χ1v) is 10.2. The average molecular weight is 396 g/mol. The van der Waals surface area contributed by atoms with E-state index in [4.69, 9.17) is 15.9 Å². The number of ether oxygens (including phenoxy) is 1. The van der Waals surface area contributed by atoms with Gasteiger partial charge in [-0.3, -0.25) is 15.9 Å². The standard InChI is InChI=1S/C21H21N3O3S/c22-21(23)17-11-9-16(10-12-17)13-14-27-19-6-4-5-18(15-19)24-28(25,26)20-7-2-1-3-8-20/h1-12,15,24H,13-14H2,(H3,22,23)/p+1. The molecule has 3 aromatic rings. The van der Waals surface area contributed by atoms with Crippen LogP contribution in [0.25, 0.3) is 0 Å². The van der Waals surface area contributed by atoms with Gasteiger partial charge < -0.3 is 4.74 Å². The topological polar surface area (TPSA) is 107 Å². The molecule has 0 aliphatic carbocycles. The highest BCUT2D eigenvalue weighted by Crippen LogP contribution is 2.21. The summed E-state index contributed by atoms with van der Waals surface area (Å²) in [6, 6.07) is 22.7. The monoisotopic (exact) mass is 396 g/mol. The van der Waals surface area contributed by atoms with Gasteiger partial charge >= 0.3 is 0 Å². The molecule has 0 aliphatic rings. The second kappa shape index (κ2) is 8.58. The first kappa shape index (κ1) is 19.4. The zero-order valence-corrected chi connectivity index (χ0v) is 16.0. The maximum Gasteiger partial charge on any atom is 0.270 e. The Morgan fingerprint density at radius 1 is 0.964 bits per heavy atom. The molecule has 0 radical (unpaired) electrons. The number of sulfonamides is 1. The summed E-state index contributed by atoms with van der Waals surface area (Å²) in [5.41, 5.74) is 7.88. The van der Waals surface area contributed by atoms with Gasteiger partial charge in [0.2, 0.25) is 0 Å². The Hall–Kier alpha value is -3.32. The summed E-state index contributed by atoms with van der Waals surface area (Å²) in [5.74, 6) is 0.877. The first-order valence-electron chi connectivity index (χ1n) is 8.72. The zero-order valence-electron chi connectivity index (χ0n) is 15.2. The number of benzene rings is 3. The van der Waals surface area contributed by atoms with Gasteiger partial charge in [0.05, 0.1) is 22.8 Å².